The standard InChI is InChI=1S/C19H24N6O/c1-12-9-17(22-26-12)16-10-18-20-14(3)13(2)19(25(18)21-16)24-8-7-23-6-4-5-15(23)11-24/h9-10,15H,4-8,11H2,1-3H3. The summed E-state index contributed by atoms with van der Waals surface area (Å²) in [5.41, 5.74) is 4.70. The Kier molecular flexibility index (Phi) is 3.53. The molecular weight excluding hydrogens is 328 g/mol. The first kappa shape index (κ1) is 15.8. The Bertz CT molecular complexity index is 974. The van der Waals surface area contributed by atoms with E-state index in [-0.39, 0.29) is 0 Å². The molecule has 3 aromatic heterocycles. The molecule has 1 atom stereocenters. The SMILES string of the molecule is Cc1cc(-c2cc3nc(C)c(C)c(N4CCN5CCCC5C4)n3n2)no1. The molecule has 2 saturated heterocycles. The van der Waals surface area contributed by atoms with Gasteiger partial charge in [0.1, 0.15) is 23.0 Å². The summed E-state index contributed by atoms with van der Waals surface area (Å²) in [5, 5.41) is 8.95. The fourth-order valence-corrected chi connectivity index (χ4v) is 4.35. The van der Waals surface area contributed by atoms with E-state index in [0.29, 0.717) is 6.04 Å². The van der Waals surface area contributed by atoms with Crippen LogP contribution in [0.1, 0.15) is 29.9 Å². The highest BCUT2D eigenvalue weighted by atomic mass is 16.5. The minimum Gasteiger partial charge on any atom is -0.361 e. The van der Waals surface area contributed by atoms with Crippen LogP contribution in [-0.2, 0) is 0 Å². The number of fused-ring (bicyclic) bond motifs is 2. The molecule has 0 bridgehead atoms. The molecule has 2 fully saturated rings. The third kappa shape index (κ3) is 2.41. The molecule has 0 spiro atoms. The van der Waals surface area contributed by atoms with Gasteiger partial charge in [-0.15, -0.1) is 0 Å². The zero-order valence-electron chi connectivity index (χ0n) is 15.6. The maximum Gasteiger partial charge on any atom is 0.158 e. The lowest BCUT2D eigenvalue weighted by Crippen LogP contribution is -2.51. The van der Waals surface area contributed by atoms with Gasteiger partial charge in [0.15, 0.2) is 5.65 Å². The van der Waals surface area contributed by atoms with E-state index in [0.717, 1.165) is 48.1 Å². The number of anilines is 1. The molecule has 0 saturated carbocycles. The van der Waals surface area contributed by atoms with Crippen LogP contribution in [0.5, 0.6) is 0 Å². The van der Waals surface area contributed by atoms with Crippen molar-refractivity contribution in [1.82, 2.24) is 24.7 Å². The monoisotopic (exact) mass is 352 g/mol. The molecule has 0 aliphatic carbocycles. The molecular formula is C19H24N6O. The minimum absolute atomic E-state index is 0.667. The number of aromatic nitrogens is 4. The van der Waals surface area contributed by atoms with Gasteiger partial charge in [-0.3, -0.25) is 4.90 Å². The minimum atomic E-state index is 0.667. The molecule has 136 valence electrons. The first-order valence-electron chi connectivity index (χ1n) is 9.40. The Morgan fingerprint density at radius 2 is 1.96 bits per heavy atom. The molecule has 1 unspecified atom stereocenters. The van der Waals surface area contributed by atoms with Gasteiger partial charge in [-0.05, 0) is 40.2 Å². The van der Waals surface area contributed by atoms with Crippen molar-refractivity contribution in [2.24, 2.45) is 0 Å². The Labute approximate surface area is 152 Å². The first-order valence-corrected chi connectivity index (χ1v) is 9.40. The molecule has 5 rings (SSSR count). The van der Waals surface area contributed by atoms with E-state index in [2.05, 4.69) is 28.8 Å². The summed E-state index contributed by atoms with van der Waals surface area (Å²) in [6.07, 6.45) is 2.62. The van der Waals surface area contributed by atoms with E-state index in [1.807, 2.05) is 23.6 Å². The highest BCUT2D eigenvalue weighted by Crippen LogP contribution is 2.30. The summed E-state index contributed by atoms with van der Waals surface area (Å²) in [6, 6.07) is 4.58. The molecule has 5 heterocycles. The molecule has 0 N–H and O–H groups in total. The molecule has 0 aromatic carbocycles. The van der Waals surface area contributed by atoms with Crippen LogP contribution in [0.4, 0.5) is 5.82 Å². The summed E-state index contributed by atoms with van der Waals surface area (Å²) in [6.45, 7) is 10.6. The quantitative estimate of drug-likeness (QED) is 0.706. The van der Waals surface area contributed by atoms with Crippen LogP contribution < -0.4 is 4.90 Å². The highest BCUT2D eigenvalue weighted by molar-refractivity contribution is 5.65. The van der Waals surface area contributed by atoms with Gasteiger partial charge in [-0.1, -0.05) is 5.16 Å². The van der Waals surface area contributed by atoms with E-state index in [4.69, 9.17) is 14.6 Å². The average Bonchev–Trinajstić information content (AvgIpc) is 3.34. The van der Waals surface area contributed by atoms with Crippen molar-refractivity contribution < 1.29 is 4.52 Å². The summed E-state index contributed by atoms with van der Waals surface area (Å²) >= 11 is 0. The Morgan fingerprint density at radius 1 is 1.08 bits per heavy atom. The molecule has 0 amide bonds. The Morgan fingerprint density at radius 3 is 2.77 bits per heavy atom. The van der Waals surface area contributed by atoms with Gasteiger partial charge in [0, 0.05) is 49.1 Å². The second-order valence-corrected chi connectivity index (χ2v) is 7.55. The van der Waals surface area contributed by atoms with Crippen LogP contribution in [0.25, 0.3) is 17.0 Å². The first-order chi connectivity index (χ1) is 12.6. The topological polar surface area (TPSA) is 62.7 Å². The predicted octanol–water partition coefficient (Wildman–Crippen LogP) is 2.59. The third-order valence-corrected chi connectivity index (χ3v) is 5.83. The summed E-state index contributed by atoms with van der Waals surface area (Å²) in [5.74, 6) is 1.96. The van der Waals surface area contributed by atoms with Crippen LogP contribution >= 0.6 is 0 Å². The van der Waals surface area contributed by atoms with Crippen LogP contribution in [0.3, 0.4) is 0 Å². The van der Waals surface area contributed by atoms with Crippen molar-refractivity contribution in [3.63, 3.8) is 0 Å². The maximum absolute atomic E-state index is 5.22. The molecule has 2 aliphatic heterocycles. The van der Waals surface area contributed by atoms with Crippen LogP contribution in [0, 0.1) is 20.8 Å². The number of aryl methyl sites for hydroxylation is 2. The molecule has 7 heteroatoms. The van der Waals surface area contributed by atoms with Gasteiger partial charge in [0.05, 0.1) is 0 Å². The van der Waals surface area contributed by atoms with Crippen molar-refractivity contribution in [2.45, 2.75) is 39.7 Å². The predicted molar refractivity (Wildman–Crippen MR) is 99.5 cm³/mol. The molecule has 2 aliphatic rings. The smallest absolute Gasteiger partial charge is 0.158 e. The largest absolute Gasteiger partial charge is 0.361 e. The number of hydrogen-bond donors (Lipinski definition) is 0. The van der Waals surface area contributed by atoms with Gasteiger partial charge < -0.3 is 9.42 Å². The van der Waals surface area contributed by atoms with Crippen molar-refractivity contribution >= 4 is 11.5 Å². The Hall–Kier alpha value is -2.41. The van der Waals surface area contributed by atoms with Crippen molar-refractivity contribution in [1.29, 1.82) is 0 Å². The zero-order chi connectivity index (χ0) is 17.8. The van der Waals surface area contributed by atoms with Gasteiger partial charge in [-0.2, -0.15) is 9.61 Å². The van der Waals surface area contributed by atoms with Gasteiger partial charge in [0.2, 0.25) is 0 Å². The average molecular weight is 352 g/mol. The number of nitrogens with zero attached hydrogens (tertiary/aromatic N) is 6. The number of hydrogen-bond acceptors (Lipinski definition) is 6. The second-order valence-electron chi connectivity index (χ2n) is 7.55. The fourth-order valence-electron chi connectivity index (χ4n) is 4.35. The van der Waals surface area contributed by atoms with Crippen LogP contribution in [0.15, 0.2) is 16.7 Å². The van der Waals surface area contributed by atoms with Gasteiger partial charge in [0.25, 0.3) is 0 Å². The molecule has 3 aromatic rings. The Balaban J connectivity index is 1.61. The second kappa shape index (κ2) is 5.81. The van der Waals surface area contributed by atoms with E-state index in [1.165, 1.54) is 30.8 Å². The van der Waals surface area contributed by atoms with E-state index in [1.54, 1.807) is 0 Å². The zero-order valence-corrected chi connectivity index (χ0v) is 15.6. The van der Waals surface area contributed by atoms with E-state index in [9.17, 15) is 0 Å². The number of piperazine rings is 1. The van der Waals surface area contributed by atoms with Gasteiger partial charge in [-0.25, -0.2) is 4.98 Å². The van der Waals surface area contributed by atoms with Crippen molar-refractivity contribution in [2.75, 3.05) is 31.1 Å². The highest BCUT2D eigenvalue weighted by Gasteiger charge is 2.32. The van der Waals surface area contributed by atoms with Crippen LogP contribution in [0.2, 0.25) is 0 Å². The molecule has 26 heavy (non-hydrogen) atoms. The fraction of sp³-hybridized carbons (Fsp3) is 0.526. The van der Waals surface area contributed by atoms with Crippen molar-refractivity contribution in [3.8, 4) is 11.4 Å². The van der Waals surface area contributed by atoms with Gasteiger partial charge >= 0.3 is 0 Å². The summed E-state index contributed by atoms with van der Waals surface area (Å²) in [4.78, 5) is 9.88. The number of rotatable bonds is 2. The summed E-state index contributed by atoms with van der Waals surface area (Å²) in [7, 11) is 0. The molecule has 7 nitrogen and oxygen atoms in total. The van der Waals surface area contributed by atoms with E-state index >= 15 is 0 Å². The van der Waals surface area contributed by atoms with Crippen molar-refractivity contribution in [3.05, 3.63) is 29.2 Å². The normalized spacial score (nSPS) is 20.9. The third-order valence-electron chi connectivity index (χ3n) is 5.83. The maximum atomic E-state index is 5.22. The lowest BCUT2D eigenvalue weighted by Gasteiger charge is -2.39. The lowest BCUT2D eigenvalue weighted by atomic mass is 10.1. The van der Waals surface area contributed by atoms with Crippen LogP contribution in [-0.4, -0.2) is 56.9 Å². The lowest BCUT2D eigenvalue weighted by molar-refractivity contribution is 0.230. The van der Waals surface area contributed by atoms with E-state index < -0.39 is 0 Å². The summed E-state index contributed by atoms with van der Waals surface area (Å²) < 4.78 is 7.21. The molecule has 0 radical (unpaired) electrons.